The van der Waals surface area contributed by atoms with Crippen LogP contribution in [0.25, 0.3) is 10.1 Å². The molecule has 3 aromatic rings. The van der Waals surface area contributed by atoms with E-state index < -0.39 is 0 Å². The lowest BCUT2D eigenvalue weighted by molar-refractivity contribution is 0.0162. The topological polar surface area (TPSA) is 41.6 Å². The van der Waals surface area contributed by atoms with Crippen LogP contribution in [0.3, 0.4) is 0 Å². The van der Waals surface area contributed by atoms with Crippen LogP contribution in [-0.4, -0.2) is 43.7 Å². The van der Waals surface area contributed by atoms with E-state index in [-0.39, 0.29) is 17.8 Å². The molecule has 2 heterocycles. The maximum absolute atomic E-state index is 13.5. The van der Waals surface area contributed by atoms with Gasteiger partial charge in [-0.3, -0.25) is 9.69 Å². The van der Waals surface area contributed by atoms with Crippen LogP contribution in [-0.2, 0) is 4.74 Å². The van der Waals surface area contributed by atoms with Crippen molar-refractivity contribution in [2.45, 2.75) is 6.04 Å². The van der Waals surface area contributed by atoms with Crippen LogP contribution in [0.2, 0.25) is 10.0 Å². The Morgan fingerprint density at radius 3 is 2.62 bits per heavy atom. The average molecular weight is 453 g/mol. The Kier molecular flexibility index (Phi) is 6.37. The summed E-state index contributed by atoms with van der Waals surface area (Å²) in [5, 5.41) is 4.72. The first-order chi connectivity index (χ1) is 14.0. The Hall–Kier alpha value is -1.70. The van der Waals surface area contributed by atoms with Crippen molar-refractivity contribution < 1.29 is 13.9 Å². The summed E-state index contributed by atoms with van der Waals surface area (Å²) in [4.78, 5) is 15.5. The summed E-state index contributed by atoms with van der Waals surface area (Å²) in [5.41, 5.74) is 1.07. The smallest absolute Gasteiger partial charge is 0.262 e. The zero-order chi connectivity index (χ0) is 20.4. The molecular weight excluding hydrogens is 434 g/mol. The summed E-state index contributed by atoms with van der Waals surface area (Å²) in [6, 6.07) is 12.0. The van der Waals surface area contributed by atoms with Crippen molar-refractivity contribution in [1.29, 1.82) is 0 Å². The minimum absolute atomic E-state index is 0.00860. The lowest BCUT2D eigenvalue weighted by atomic mass is 10.0. The fraction of sp³-hybridized carbons (Fsp3) is 0.286. The Labute approximate surface area is 182 Å². The number of carbonyl (C=O) groups is 1. The Morgan fingerprint density at radius 2 is 1.90 bits per heavy atom. The van der Waals surface area contributed by atoms with E-state index >= 15 is 0 Å². The van der Waals surface area contributed by atoms with E-state index in [4.69, 9.17) is 27.9 Å². The lowest BCUT2D eigenvalue weighted by Crippen LogP contribution is -2.43. The van der Waals surface area contributed by atoms with Crippen LogP contribution >= 0.6 is 34.5 Å². The minimum Gasteiger partial charge on any atom is -0.379 e. The summed E-state index contributed by atoms with van der Waals surface area (Å²) >= 11 is 13.6. The largest absolute Gasteiger partial charge is 0.379 e. The number of rotatable bonds is 5. The number of benzene rings is 2. The van der Waals surface area contributed by atoms with Crippen molar-refractivity contribution in [3.63, 3.8) is 0 Å². The van der Waals surface area contributed by atoms with Gasteiger partial charge in [0.15, 0.2) is 0 Å². The van der Waals surface area contributed by atoms with Crippen LogP contribution in [0.4, 0.5) is 4.39 Å². The number of nitrogens with one attached hydrogen (secondary N) is 1. The molecular formula is C21H19Cl2FN2O2S. The van der Waals surface area contributed by atoms with E-state index in [0.29, 0.717) is 44.8 Å². The van der Waals surface area contributed by atoms with E-state index in [1.54, 1.807) is 6.07 Å². The molecule has 0 radical (unpaired) electrons. The SMILES string of the molecule is O=C(NCC(c1ccc(Cl)cc1)N1CCOCC1)c1sc2cc(F)ccc2c1Cl. The summed E-state index contributed by atoms with van der Waals surface area (Å²) in [6.07, 6.45) is 0. The molecule has 1 unspecified atom stereocenters. The molecule has 1 N–H and O–H groups in total. The highest BCUT2D eigenvalue weighted by molar-refractivity contribution is 7.21. The van der Waals surface area contributed by atoms with E-state index in [2.05, 4.69) is 10.2 Å². The third-order valence-electron chi connectivity index (χ3n) is 4.99. The first-order valence-corrected chi connectivity index (χ1v) is 10.8. The van der Waals surface area contributed by atoms with E-state index in [0.717, 1.165) is 18.7 Å². The van der Waals surface area contributed by atoms with Crippen LogP contribution in [0, 0.1) is 5.82 Å². The highest BCUT2D eigenvalue weighted by atomic mass is 35.5. The van der Waals surface area contributed by atoms with Crippen LogP contribution in [0.5, 0.6) is 0 Å². The second-order valence-corrected chi connectivity index (χ2v) is 8.68. The first kappa shape index (κ1) is 20.6. The zero-order valence-electron chi connectivity index (χ0n) is 15.5. The molecule has 152 valence electrons. The second-order valence-electron chi connectivity index (χ2n) is 6.81. The fourth-order valence-electron chi connectivity index (χ4n) is 3.49. The van der Waals surface area contributed by atoms with Crippen molar-refractivity contribution in [3.05, 3.63) is 68.8 Å². The number of fused-ring (bicyclic) bond motifs is 1. The highest BCUT2D eigenvalue weighted by Crippen LogP contribution is 2.35. The number of nitrogens with zero attached hydrogens (tertiary/aromatic N) is 1. The molecule has 4 rings (SSSR count). The summed E-state index contributed by atoms with van der Waals surface area (Å²) in [7, 11) is 0. The summed E-state index contributed by atoms with van der Waals surface area (Å²) in [5.74, 6) is -0.610. The Bertz CT molecular complexity index is 1020. The maximum Gasteiger partial charge on any atom is 0.262 e. The maximum atomic E-state index is 13.5. The zero-order valence-corrected chi connectivity index (χ0v) is 17.8. The number of amides is 1. The van der Waals surface area contributed by atoms with Crippen molar-refractivity contribution >= 4 is 50.5 Å². The van der Waals surface area contributed by atoms with Gasteiger partial charge < -0.3 is 10.1 Å². The minimum atomic E-state index is -0.350. The molecule has 0 aliphatic carbocycles. The molecule has 0 spiro atoms. The molecule has 1 fully saturated rings. The van der Waals surface area contributed by atoms with Gasteiger partial charge in [0.25, 0.3) is 5.91 Å². The van der Waals surface area contributed by atoms with E-state index in [1.165, 1.54) is 23.5 Å². The van der Waals surface area contributed by atoms with Gasteiger partial charge in [-0.2, -0.15) is 0 Å². The lowest BCUT2D eigenvalue weighted by Gasteiger charge is -2.35. The standard InChI is InChI=1S/C21H19Cl2FN2O2S/c22-14-3-1-13(2-4-14)17(26-7-9-28-10-8-26)12-25-21(27)20-19(23)16-6-5-15(24)11-18(16)29-20/h1-6,11,17H,7-10,12H2,(H,25,27). The van der Waals surface area contributed by atoms with Crippen molar-refractivity contribution in [2.24, 2.45) is 0 Å². The molecule has 1 amide bonds. The predicted molar refractivity (Wildman–Crippen MR) is 116 cm³/mol. The number of morpholine rings is 1. The molecule has 29 heavy (non-hydrogen) atoms. The quantitative estimate of drug-likeness (QED) is 0.581. The van der Waals surface area contributed by atoms with Gasteiger partial charge in [0.05, 0.1) is 24.3 Å². The number of halogens is 3. The molecule has 0 saturated carbocycles. The molecule has 1 atom stereocenters. The highest BCUT2D eigenvalue weighted by Gasteiger charge is 2.25. The molecule has 1 aliphatic rings. The summed E-state index contributed by atoms with van der Waals surface area (Å²) in [6.45, 7) is 3.30. The molecule has 2 aromatic carbocycles. The molecule has 8 heteroatoms. The van der Waals surface area contributed by atoms with Crippen LogP contribution in [0.1, 0.15) is 21.3 Å². The summed E-state index contributed by atoms with van der Waals surface area (Å²) < 4.78 is 19.6. The van der Waals surface area contributed by atoms with Gasteiger partial charge in [0.2, 0.25) is 0 Å². The van der Waals surface area contributed by atoms with Gasteiger partial charge in [-0.1, -0.05) is 35.3 Å². The van der Waals surface area contributed by atoms with Crippen molar-refractivity contribution in [3.8, 4) is 0 Å². The molecule has 4 nitrogen and oxygen atoms in total. The molecule has 0 bridgehead atoms. The Morgan fingerprint density at radius 1 is 1.17 bits per heavy atom. The van der Waals surface area contributed by atoms with Gasteiger partial charge >= 0.3 is 0 Å². The average Bonchev–Trinajstić information content (AvgIpc) is 3.06. The van der Waals surface area contributed by atoms with Crippen molar-refractivity contribution in [1.82, 2.24) is 10.2 Å². The Balaban J connectivity index is 1.54. The number of hydrogen-bond acceptors (Lipinski definition) is 4. The van der Waals surface area contributed by atoms with Gasteiger partial charge in [0.1, 0.15) is 10.7 Å². The molecule has 1 aromatic heterocycles. The van der Waals surface area contributed by atoms with Gasteiger partial charge in [-0.05, 0) is 35.9 Å². The second kappa shape index (κ2) is 8.98. The monoisotopic (exact) mass is 452 g/mol. The predicted octanol–water partition coefficient (Wildman–Crippen LogP) is 5.15. The van der Waals surface area contributed by atoms with Crippen molar-refractivity contribution in [2.75, 3.05) is 32.8 Å². The van der Waals surface area contributed by atoms with E-state index in [9.17, 15) is 9.18 Å². The fourth-order valence-corrected chi connectivity index (χ4v) is 5.07. The number of carbonyl (C=O) groups excluding carboxylic acids is 1. The number of hydrogen-bond donors (Lipinski definition) is 1. The number of ether oxygens (including phenoxy) is 1. The van der Waals surface area contributed by atoms with Gasteiger partial charge in [0, 0.05) is 34.7 Å². The molecule has 1 saturated heterocycles. The van der Waals surface area contributed by atoms with Crippen LogP contribution < -0.4 is 5.32 Å². The van der Waals surface area contributed by atoms with Crippen LogP contribution in [0.15, 0.2) is 42.5 Å². The molecule has 1 aliphatic heterocycles. The third-order valence-corrected chi connectivity index (χ3v) is 6.90. The van der Waals surface area contributed by atoms with Gasteiger partial charge in [-0.15, -0.1) is 11.3 Å². The number of thiophene rings is 1. The first-order valence-electron chi connectivity index (χ1n) is 9.26. The third kappa shape index (κ3) is 4.57. The van der Waals surface area contributed by atoms with Gasteiger partial charge in [-0.25, -0.2) is 4.39 Å². The van der Waals surface area contributed by atoms with E-state index in [1.807, 2.05) is 24.3 Å². The normalized spacial score (nSPS) is 16.1.